The lowest BCUT2D eigenvalue weighted by Gasteiger charge is -2.43. The molecule has 1 fully saturated rings. The Morgan fingerprint density at radius 3 is 2.57 bits per heavy atom. The lowest BCUT2D eigenvalue weighted by Crippen LogP contribution is -2.44. The summed E-state index contributed by atoms with van der Waals surface area (Å²) in [6.45, 7) is 6.22. The number of nitrogens with one attached hydrogen (secondary N) is 1. The Balaban J connectivity index is 1.39. The van der Waals surface area contributed by atoms with Crippen LogP contribution in [0, 0.1) is 11.8 Å². The molecule has 1 saturated carbocycles. The summed E-state index contributed by atoms with van der Waals surface area (Å²) < 4.78 is 33.1. The van der Waals surface area contributed by atoms with Crippen LogP contribution in [0.15, 0.2) is 77.7 Å². The average Bonchev–Trinajstić information content (AvgIpc) is 3.33. The van der Waals surface area contributed by atoms with Crippen molar-refractivity contribution >= 4 is 40.1 Å². The van der Waals surface area contributed by atoms with Crippen LogP contribution in [0.4, 0.5) is 5.69 Å². The molecular formula is C41H52ClN3O7S. The van der Waals surface area contributed by atoms with Gasteiger partial charge in [0.1, 0.15) is 11.5 Å². The molecule has 53 heavy (non-hydrogen) atoms. The van der Waals surface area contributed by atoms with Crippen LogP contribution in [0.5, 0.6) is 11.5 Å². The lowest BCUT2D eigenvalue weighted by atomic mass is 9.70. The first-order valence-electron chi connectivity index (χ1n) is 18.3. The van der Waals surface area contributed by atoms with E-state index in [0.717, 1.165) is 44.3 Å². The van der Waals surface area contributed by atoms with Gasteiger partial charge in [0.05, 0.1) is 30.4 Å². The molecule has 3 aromatic rings. The number of ether oxygens (including phenoxy) is 3. The van der Waals surface area contributed by atoms with Crippen molar-refractivity contribution in [3.63, 3.8) is 0 Å². The number of methoxy groups -OCH3 is 2. The fraction of sp³-hybridized carbons (Fsp3) is 0.463. The highest BCUT2D eigenvalue weighted by Crippen LogP contribution is 2.43. The highest BCUT2D eigenvalue weighted by atomic mass is 35.5. The Hall–Kier alpha value is -3.90. The topological polar surface area (TPSA) is 118 Å². The van der Waals surface area contributed by atoms with Crippen LogP contribution >= 0.6 is 11.6 Å². The van der Waals surface area contributed by atoms with Crippen molar-refractivity contribution in [3.8, 4) is 11.5 Å². The molecule has 5 rings (SSSR count). The molecule has 0 spiro atoms. The number of halogens is 1. The Morgan fingerprint density at radius 1 is 1.13 bits per heavy atom. The van der Waals surface area contributed by atoms with E-state index < -0.39 is 23.0 Å². The van der Waals surface area contributed by atoms with E-state index in [2.05, 4.69) is 40.8 Å². The molecule has 2 aliphatic rings. The van der Waals surface area contributed by atoms with Crippen molar-refractivity contribution in [2.24, 2.45) is 11.8 Å². The first-order valence-corrected chi connectivity index (χ1v) is 19.8. The number of anilines is 1. The van der Waals surface area contributed by atoms with Crippen LogP contribution in [-0.2, 0) is 31.7 Å². The van der Waals surface area contributed by atoms with E-state index in [1.807, 2.05) is 18.2 Å². The van der Waals surface area contributed by atoms with Gasteiger partial charge in [0, 0.05) is 51.7 Å². The number of nitrogens with zero attached hydrogens (tertiary/aromatic N) is 2. The summed E-state index contributed by atoms with van der Waals surface area (Å²) in [6, 6.07) is 17.9. The minimum absolute atomic E-state index is 0.0414. The molecule has 0 radical (unpaired) electrons. The smallest absolute Gasteiger partial charge is 0.265 e. The van der Waals surface area contributed by atoms with Gasteiger partial charge in [-0.05, 0) is 103 Å². The fourth-order valence-electron chi connectivity index (χ4n) is 7.15. The molecule has 6 unspecified atom stereocenters. The van der Waals surface area contributed by atoms with Gasteiger partial charge in [0.25, 0.3) is 5.91 Å². The van der Waals surface area contributed by atoms with Gasteiger partial charge >= 0.3 is 0 Å². The molecular weight excluding hydrogens is 714 g/mol. The molecule has 1 aliphatic heterocycles. The molecule has 10 nitrogen and oxygen atoms in total. The molecule has 0 saturated heterocycles. The molecule has 0 aromatic heterocycles. The van der Waals surface area contributed by atoms with Crippen LogP contribution in [-0.4, -0.2) is 79.6 Å². The van der Waals surface area contributed by atoms with Gasteiger partial charge < -0.3 is 29.1 Å². The van der Waals surface area contributed by atoms with E-state index in [-0.39, 0.29) is 17.9 Å². The second-order valence-electron chi connectivity index (χ2n) is 13.9. The van der Waals surface area contributed by atoms with Gasteiger partial charge in [0.15, 0.2) is 17.1 Å². The fourth-order valence-corrected chi connectivity index (χ4v) is 8.14. The van der Waals surface area contributed by atoms with Crippen molar-refractivity contribution in [3.05, 3.63) is 94.5 Å². The third kappa shape index (κ3) is 10.2. The van der Waals surface area contributed by atoms with Gasteiger partial charge in [-0.15, -0.1) is 0 Å². The highest BCUT2D eigenvalue weighted by Gasteiger charge is 2.39. The van der Waals surface area contributed by atoms with Gasteiger partial charge in [-0.3, -0.25) is 14.3 Å². The maximum absolute atomic E-state index is 13.2. The minimum Gasteiger partial charge on any atom is -0.497 e. The Labute approximate surface area is 321 Å². The predicted octanol–water partition coefficient (Wildman–Crippen LogP) is 6.62. The zero-order valence-corrected chi connectivity index (χ0v) is 32.8. The highest BCUT2D eigenvalue weighted by molar-refractivity contribution is 7.83. The number of carbonyl (C=O) groups is 2. The van der Waals surface area contributed by atoms with E-state index in [4.69, 9.17) is 25.8 Å². The zero-order valence-electron chi connectivity index (χ0n) is 31.3. The van der Waals surface area contributed by atoms with Crippen molar-refractivity contribution in [1.29, 1.82) is 0 Å². The standard InChI is InChI=1S/C41H52ClN3O7S/c1-6-9-28-22-32(42)13-19-35(28)31-25-45(24-30-11-18-36(30)38(51-5)10-7-8-21-44(3)27(2)46)37-23-29(12-20-39(37)52-26-31)40(47)41(48)43-53(49)34-16-14-33(50-4)15-17-34/h7,10,12-17,19-20,22-23,30-31,36,38,40,47H,6,8-9,11,18,21,24-26H2,1-5H3,(H,43,48)/b10-7+. The summed E-state index contributed by atoms with van der Waals surface area (Å²) in [5.41, 5.74) is 3.57. The third-order valence-corrected chi connectivity index (χ3v) is 11.7. The van der Waals surface area contributed by atoms with Crippen LogP contribution in [0.3, 0.4) is 0 Å². The second-order valence-corrected chi connectivity index (χ2v) is 15.6. The summed E-state index contributed by atoms with van der Waals surface area (Å²) in [7, 11) is 3.21. The molecule has 286 valence electrons. The second kappa shape index (κ2) is 18.9. The van der Waals surface area contributed by atoms with Crippen molar-refractivity contribution < 1.29 is 33.1 Å². The van der Waals surface area contributed by atoms with Crippen LogP contribution in [0.2, 0.25) is 5.02 Å². The predicted molar refractivity (Wildman–Crippen MR) is 209 cm³/mol. The first kappa shape index (κ1) is 40.3. The van der Waals surface area contributed by atoms with E-state index in [9.17, 15) is 18.9 Å². The summed E-state index contributed by atoms with van der Waals surface area (Å²) in [5, 5.41) is 12.0. The Kier molecular flexibility index (Phi) is 14.4. The normalized spacial score (nSPS) is 20.0. The summed E-state index contributed by atoms with van der Waals surface area (Å²) >= 11 is 6.45. The number of carbonyl (C=O) groups excluding carboxylic acids is 2. The number of aryl methyl sites for hydroxylation is 1. The maximum atomic E-state index is 13.2. The summed E-state index contributed by atoms with van der Waals surface area (Å²) in [5.74, 6) is 1.20. The van der Waals surface area contributed by atoms with Crippen molar-refractivity contribution in [2.75, 3.05) is 52.4 Å². The van der Waals surface area contributed by atoms with E-state index in [1.54, 1.807) is 56.3 Å². The number of rotatable bonds is 16. The van der Waals surface area contributed by atoms with Crippen molar-refractivity contribution in [2.45, 2.75) is 69.0 Å². The minimum atomic E-state index is -1.88. The van der Waals surface area contributed by atoms with Gasteiger partial charge in [-0.25, -0.2) is 4.21 Å². The summed E-state index contributed by atoms with van der Waals surface area (Å²) in [6.07, 6.45) is 7.30. The van der Waals surface area contributed by atoms with Crippen molar-refractivity contribution in [1.82, 2.24) is 9.62 Å². The van der Waals surface area contributed by atoms with Crippen LogP contribution in [0.25, 0.3) is 0 Å². The van der Waals surface area contributed by atoms with Gasteiger partial charge in [-0.2, -0.15) is 0 Å². The number of aliphatic hydroxyl groups excluding tert-OH is 1. The van der Waals surface area contributed by atoms with E-state index in [1.165, 1.54) is 18.2 Å². The van der Waals surface area contributed by atoms with Crippen LogP contribution < -0.4 is 19.1 Å². The molecule has 1 aliphatic carbocycles. The maximum Gasteiger partial charge on any atom is 0.265 e. The average molecular weight is 766 g/mol. The zero-order chi connectivity index (χ0) is 38.1. The monoisotopic (exact) mass is 765 g/mol. The molecule has 2 N–H and O–H groups in total. The number of hydrogen-bond donors (Lipinski definition) is 2. The molecule has 1 heterocycles. The van der Waals surface area contributed by atoms with E-state index >= 15 is 0 Å². The number of benzene rings is 3. The van der Waals surface area contributed by atoms with Crippen LogP contribution in [0.1, 0.15) is 68.2 Å². The summed E-state index contributed by atoms with van der Waals surface area (Å²) in [4.78, 5) is 29.3. The van der Waals surface area contributed by atoms with Gasteiger partial charge in [0.2, 0.25) is 5.91 Å². The molecule has 0 bridgehead atoms. The Bertz CT molecular complexity index is 1770. The van der Waals surface area contributed by atoms with E-state index in [0.29, 0.717) is 58.5 Å². The van der Waals surface area contributed by atoms with Gasteiger partial charge in [-0.1, -0.05) is 49.2 Å². The lowest BCUT2D eigenvalue weighted by molar-refractivity contribution is -0.128. The number of amides is 2. The number of aliphatic hydroxyl groups is 1. The molecule has 12 heteroatoms. The third-order valence-electron chi connectivity index (χ3n) is 10.4. The number of hydrogen-bond acceptors (Lipinski definition) is 8. The first-order chi connectivity index (χ1) is 25.5. The quantitative estimate of drug-likeness (QED) is 0.156. The largest absolute Gasteiger partial charge is 0.497 e. The Morgan fingerprint density at radius 2 is 1.91 bits per heavy atom. The molecule has 2 amide bonds. The molecule has 6 atom stereocenters. The molecule has 3 aromatic carbocycles. The number of fused-ring (bicyclic) bond motifs is 1. The SMILES string of the molecule is CCCc1cc(Cl)ccc1C1COc2ccc(C(O)C(=O)NS(=O)c3ccc(OC)cc3)cc2N(CC2CCC2C(/C=C/CCN(C)C(C)=O)OC)C1.